The van der Waals surface area contributed by atoms with Crippen LogP contribution in [0.4, 0.5) is 0 Å². The van der Waals surface area contributed by atoms with Crippen molar-refractivity contribution < 1.29 is 0 Å². The summed E-state index contributed by atoms with van der Waals surface area (Å²) in [4.78, 5) is 4.84. The largest absolute Gasteiger partial charge is 0.394 e. The maximum Gasteiger partial charge on any atom is 0.0630 e. The van der Waals surface area contributed by atoms with Crippen molar-refractivity contribution in [3.63, 3.8) is 0 Å². The van der Waals surface area contributed by atoms with E-state index in [1.807, 2.05) is 12.1 Å². The SMILES string of the molecule is C=C(N)SC(=C)c1cccnc1. The molecule has 0 aliphatic carbocycles. The van der Waals surface area contributed by atoms with Crippen molar-refractivity contribution in [3.05, 3.63) is 48.3 Å². The average Bonchev–Trinajstić information content (AvgIpc) is 2.05. The fraction of sp³-hybridized carbons (Fsp3) is 0. The van der Waals surface area contributed by atoms with E-state index in [4.69, 9.17) is 5.73 Å². The number of hydrogen-bond donors (Lipinski definition) is 1. The lowest BCUT2D eigenvalue weighted by Gasteiger charge is -2.02. The van der Waals surface area contributed by atoms with Gasteiger partial charge in [0.2, 0.25) is 0 Å². The molecule has 1 aromatic rings. The minimum atomic E-state index is 0.545. The number of nitrogens with zero attached hydrogens (tertiary/aromatic N) is 1. The van der Waals surface area contributed by atoms with Crippen molar-refractivity contribution in [2.24, 2.45) is 5.73 Å². The van der Waals surface area contributed by atoms with Crippen molar-refractivity contribution in [1.29, 1.82) is 0 Å². The van der Waals surface area contributed by atoms with Gasteiger partial charge in [0.15, 0.2) is 0 Å². The first-order chi connectivity index (χ1) is 5.70. The summed E-state index contributed by atoms with van der Waals surface area (Å²) in [5, 5.41) is 0.545. The Balaban J connectivity index is 2.73. The van der Waals surface area contributed by atoms with Gasteiger partial charge in [-0.1, -0.05) is 31.0 Å². The summed E-state index contributed by atoms with van der Waals surface area (Å²) in [6, 6.07) is 3.80. The van der Waals surface area contributed by atoms with Crippen molar-refractivity contribution in [3.8, 4) is 0 Å². The average molecular weight is 178 g/mol. The minimum absolute atomic E-state index is 0.545. The Labute approximate surface area is 76.2 Å². The molecule has 0 aliphatic heterocycles. The summed E-state index contributed by atoms with van der Waals surface area (Å²) in [7, 11) is 0. The lowest BCUT2D eigenvalue weighted by molar-refractivity contribution is 1.32. The molecule has 2 N–H and O–H groups in total. The number of aromatic nitrogens is 1. The molecule has 0 saturated carbocycles. The molecule has 0 bridgehead atoms. The van der Waals surface area contributed by atoms with E-state index >= 15 is 0 Å². The van der Waals surface area contributed by atoms with Crippen LogP contribution in [0.2, 0.25) is 0 Å². The Kier molecular flexibility index (Phi) is 2.94. The summed E-state index contributed by atoms with van der Waals surface area (Å²) in [6.07, 6.45) is 3.47. The van der Waals surface area contributed by atoms with E-state index in [0.29, 0.717) is 5.03 Å². The van der Waals surface area contributed by atoms with E-state index in [1.165, 1.54) is 11.8 Å². The molecule has 0 spiro atoms. The minimum Gasteiger partial charge on any atom is -0.394 e. The van der Waals surface area contributed by atoms with Gasteiger partial charge in [0, 0.05) is 22.9 Å². The molecule has 1 aromatic heterocycles. The van der Waals surface area contributed by atoms with E-state index in [1.54, 1.807) is 12.4 Å². The van der Waals surface area contributed by atoms with Crippen LogP contribution < -0.4 is 5.73 Å². The molecule has 0 amide bonds. The second-order valence-electron chi connectivity index (χ2n) is 2.23. The molecule has 0 unspecified atom stereocenters. The fourth-order valence-electron chi connectivity index (χ4n) is 0.745. The van der Waals surface area contributed by atoms with Gasteiger partial charge in [-0.05, 0) is 6.07 Å². The van der Waals surface area contributed by atoms with E-state index < -0.39 is 0 Å². The van der Waals surface area contributed by atoms with Gasteiger partial charge in [-0.15, -0.1) is 0 Å². The van der Waals surface area contributed by atoms with Crippen molar-refractivity contribution in [1.82, 2.24) is 4.98 Å². The van der Waals surface area contributed by atoms with Gasteiger partial charge < -0.3 is 5.73 Å². The van der Waals surface area contributed by atoms with Crippen LogP contribution in [0.15, 0.2) is 42.7 Å². The van der Waals surface area contributed by atoms with Crippen LogP contribution in [0.3, 0.4) is 0 Å². The third-order valence-electron chi connectivity index (χ3n) is 1.24. The van der Waals surface area contributed by atoms with Crippen molar-refractivity contribution in [2.45, 2.75) is 0 Å². The van der Waals surface area contributed by atoms with Crippen LogP contribution in [-0.2, 0) is 0 Å². The van der Waals surface area contributed by atoms with Crippen LogP contribution in [0.5, 0.6) is 0 Å². The predicted octanol–water partition coefficient (Wildman–Crippen LogP) is 2.22. The van der Waals surface area contributed by atoms with E-state index in [9.17, 15) is 0 Å². The Morgan fingerprint density at radius 3 is 2.75 bits per heavy atom. The van der Waals surface area contributed by atoms with Gasteiger partial charge in [0.1, 0.15) is 0 Å². The Hall–Kier alpha value is -1.22. The van der Waals surface area contributed by atoms with Gasteiger partial charge in [-0.25, -0.2) is 0 Å². The maximum atomic E-state index is 5.42. The molecular weight excluding hydrogens is 168 g/mol. The third kappa shape index (κ3) is 2.43. The Morgan fingerprint density at radius 2 is 2.25 bits per heavy atom. The first-order valence-corrected chi connectivity index (χ1v) is 4.23. The molecule has 1 rings (SSSR count). The highest BCUT2D eigenvalue weighted by Crippen LogP contribution is 2.27. The van der Waals surface area contributed by atoms with Crippen LogP contribution in [0, 0.1) is 0 Å². The summed E-state index contributed by atoms with van der Waals surface area (Å²) < 4.78 is 0. The van der Waals surface area contributed by atoms with Gasteiger partial charge >= 0.3 is 0 Å². The van der Waals surface area contributed by atoms with E-state index in [-0.39, 0.29) is 0 Å². The predicted molar refractivity (Wildman–Crippen MR) is 54.2 cm³/mol. The van der Waals surface area contributed by atoms with Gasteiger partial charge in [0.05, 0.1) is 5.03 Å². The second-order valence-corrected chi connectivity index (χ2v) is 3.45. The van der Waals surface area contributed by atoms with Crippen LogP contribution in [-0.4, -0.2) is 4.98 Å². The highest BCUT2D eigenvalue weighted by atomic mass is 32.2. The monoisotopic (exact) mass is 178 g/mol. The molecule has 0 saturated heterocycles. The van der Waals surface area contributed by atoms with Gasteiger partial charge in [0.25, 0.3) is 0 Å². The Morgan fingerprint density at radius 1 is 1.50 bits per heavy atom. The summed E-state index contributed by atoms with van der Waals surface area (Å²) in [5.41, 5.74) is 6.40. The quantitative estimate of drug-likeness (QED) is 0.771. The molecule has 0 fully saturated rings. The third-order valence-corrected chi connectivity index (χ3v) is 1.98. The first-order valence-electron chi connectivity index (χ1n) is 3.41. The maximum absolute atomic E-state index is 5.42. The van der Waals surface area contributed by atoms with Crippen molar-refractivity contribution in [2.75, 3.05) is 0 Å². The zero-order valence-electron chi connectivity index (χ0n) is 6.66. The Bertz CT molecular complexity index is 293. The fourth-order valence-corrected chi connectivity index (χ4v) is 1.30. The lowest BCUT2D eigenvalue weighted by atomic mass is 10.3. The molecule has 0 aliphatic rings. The number of nitrogens with two attached hydrogens (primary N) is 1. The van der Waals surface area contributed by atoms with E-state index in [0.717, 1.165) is 10.5 Å². The van der Waals surface area contributed by atoms with Crippen LogP contribution >= 0.6 is 11.8 Å². The van der Waals surface area contributed by atoms with Crippen LogP contribution in [0.25, 0.3) is 4.91 Å². The molecule has 0 radical (unpaired) electrons. The van der Waals surface area contributed by atoms with Gasteiger partial charge in [-0.2, -0.15) is 0 Å². The summed E-state index contributed by atoms with van der Waals surface area (Å²) in [5.74, 6) is 0. The highest BCUT2D eigenvalue weighted by molar-refractivity contribution is 8.11. The number of hydrogen-bond acceptors (Lipinski definition) is 3. The summed E-state index contributed by atoms with van der Waals surface area (Å²) in [6.45, 7) is 7.43. The van der Waals surface area contributed by atoms with Crippen LogP contribution in [0.1, 0.15) is 5.56 Å². The normalized spacial score (nSPS) is 9.33. The smallest absolute Gasteiger partial charge is 0.0630 e. The molecule has 2 nitrogen and oxygen atoms in total. The molecule has 0 atom stereocenters. The highest BCUT2D eigenvalue weighted by Gasteiger charge is 1.98. The first kappa shape index (κ1) is 8.87. The number of thioether (sulfide) groups is 1. The van der Waals surface area contributed by atoms with Crippen molar-refractivity contribution >= 4 is 16.7 Å². The molecule has 62 valence electrons. The lowest BCUT2D eigenvalue weighted by Crippen LogP contribution is -1.89. The molecular formula is C9H10N2S. The number of pyridine rings is 1. The molecule has 12 heavy (non-hydrogen) atoms. The molecule has 1 heterocycles. The standard InChI is InChI=1S/C9H10N2S/c1-7(12-8(2)10)9-4-3-5-11-6-9/h3-6H,1-2,10H2. The van der Waals surface area contributed by atoms with Gasteiger partial charge in [-0.3, -0.25) is 4.98 Å². The topological polar surface area (TPSA) is 38.9 Å². The molecule has 3 heteroatoms. The molecule has 0 aromatic carbocycles. The second kappa shape index (κ2) is 3.97. The zero-order valence-corrected chi connectivity index (χ0v) is 7.47. The number of rotatable bonds is 3. The summed E-state index contributed by atoms with van der Waals surface area (Å²) >= 11 is 1.36. The zero-order chi connectivity index (χ0) is 8.97. The van der Waals surface area contributed by atoms with E-state index in [2.05, 4.69) is 18.1 Å².